The second kappa shape index (κ2) is 5.29. The highest BCUT2D eigenvalue weighted by molar-refractivity contribution is 5.91. The van der Waals surface area contributed by atoms with Gasteiger partial charge >= 0.3 is 0 Å². The van der Waals surface area contributed by atoms with Gasteiger partial charge in [0.05, 0.1) is 0 Å². The van der Waals surface area contributed by atoms with Crippen molar-refractivity contribution < 1.29 is 10.2 Å². The Morgan fingerprint density at radius 2 is 1.35 bits per heavy atom. The summed E-state index contributed by atoms with van der Waals surface area (Å²) < 4.78 is 0. The van der Waals surface area contributed by atoms with Crippen LogP contribution in [0.5, 0.6) is 11.5 Å². The number of fused-ring (bicyclic) bond motifs is 2. The summed E-state index contributed by atoms with van der Waals surface area (Å²) in [4.78, 5) is 4.17. The van der Waals surface area contributed by atoms with E-state index in [-0.39, 0.29) is 11.5 Å². The van der Waals surface area contributed by atoms with Gasteiger partial charge in [0.25, 0.3) is 0 Å². The molecule has 2 N–H and O–H groups in total. The Kier molecular flexibility index (Phi) is 3.12. The van der Waals surface area contributed by atoms with Crippen LogP contribution in [0.2, 0.25) is 0 Å². The molecular weight excluding hydrogens is 286 g/mol. The Balaban J connectivity index is 1.95. The van der Waals surface area contributed by atoms with Crippen LogP contribution in [-0.4, -0.2) is 15.2 Å². The van der Waals surface area contributed by atoms with E-state index in [4.69, 9.17) is 0 Å². The molecule has 0 amide bonds. The van der Waals surface area contributed by atoms with Gasteiger partial charge in [0.1, 0.15) is 11.5 Å². The first-order valence-electron chi connectivity index (χ1n) is 7.48. The second-order valence-electron chi connectivity index (χ2n) is 5.62. The van der Waals surface area contributed by atoms with Crippen LogP contribution in [0.3, 0.4) is 0 Å². The highest BCUT2D eigenvalue weighted by atomic mass is 16.3. The topological polar surface area (TPSA) is 53.4 Å². The minimum absolute atomic E-state index is 0.220. The third-order valence-corrected chi connectivity index (χ3v) is 4.28. The van der Waals surface area contributed by atoms with Crippen molar-refractivity contribution in [2.24, 2.45) is 0 Å². The van der Waals surface area contributed by atoms with Crippen LogP contribution in [0.1, 0.15) is 11.1 Å². The van der Waals surface area contributed by atoms with Gasteiger partial charge in [0.15, 0.2) is 0 Å². The lowest BCUT2D eigenvalue weighted by atomic mass is 9.94. The molecule has 0 saturated carbocycles. The van der Waals surface area contributed by atoms with Crippen LogP contribution in [0, 0.1) is 0 Å². The van der Waals surface area contributed by atoms with Crippen molar-refractivity contribution in [2.45, 2.75) is 6.42 Å². The second-order valence-corrected chi connectivity index (χ2v) is 5.62. The lowest BCUT2D eigenvalue weighted by Crippen LogP contribution is -1.94. The Morgan fingerprint density at radius 1 is 0.696 bits per heavy atom. The zero-order chi connectivity index (χ0) is 15.8. The van der Waals surface area contributed by atoms with Crippen molar-refractivity contribution in [1.29, 1.82) is 0 Å². The molecule has 1 aromatic heterocycles. The summed E-state index contributed by atoms with van der Waals surface area (Å²) in [5.41, 5.74) is 1.59. The number of pyridine rings is 1. The summed E-state index contributed by atoms with van der Waals surface area (Å²) in [6, 6.07) is 17.0. The summed E-state index contributed by atoms with van der Waals surface area (Å²) in [6.45, 7) is 0. The molecule has 3 aromatic carbocycles. The Labute approximate surface area is 133 Å². The zero-order valence-corrected chi connectivity index (χ0v) is 12.4. The van der Waals surface area contributed by atoms with Gasteiger partial charge in [-0.3, -0.25) is 4.98 Å². The average Bonchev–Trinajstić information content (AvgIpc) is 2.59. The van der Waals surface area contributed by atoms with Gasteiger partial charge in [0.2, 0.25) is 0 Å². The Morgan fingerprint density at radius 3 is 2.13 bits per heavy atom. The van der Waals surface area contributed by atoms with Crippen molar-refractivity contribution >= 4 is 21.5 Å². The van der Waals surface area contributed by atoms with Crippen LogP contribution in [0.25, 0.3) is 21.5 Å². The first-order valence-corrected chi connectivity index (χ1v) is 7.48. The molecular formula is C20H15NO2. The van der Waals surface area contributed by atoms with Crippen LogP contribution in [-0.2, 0) is 6.42 Å². The minimum Gasteiger partial charge on any atom is -0.508 e. The van der Waals surface area contributed by atoms with Crippen molar-refractivity contribution in [2.75, 3.05) is 0 Å². The summed E-state index contributed by atoms with van der Waals surface area (Å²) in [5.74, 6) is 0.460. The molecule has 1 heterocycles. The predicted octanol–water partition coefficient (Wildman–Crippen LogP) is 4.39. The van der Waals surface area contributed by atoms with Gasteiger partial charge in [-0.15, -0.1) is 0 Å². The van der Waals surface area contributed by atoms with E-state index >= 15 is 0 Å². The molecule has 0 atom stereocenters. The van der Waals surface area contributed by atoms with E-state index < -0.39 is 0 Å². The van der Waals surface area contributed by atoms with Crippen molar-refractivity contribution in [3.8, 4) is 11.5 Å². The largest absolute Gasteiger partial charge is 0.508 e. The fourth-order valence-electron chi connectivity index (χ4n) is 3.08. The molecule has 0 saturated heterocycles. The average molecular weight is 301 g/mol. The number of rotatable bonds is 2. The minimum atomic E-state index is 0.220. The molecule has 0 radical (unpaired) electrons. The number of nitrogens with zero attached hydrogens (tertiary/aromatic N) is 1. The van der Waals surface area contributed by atoms with Gasteiger partial charge in [0, 0.05) is 35.3 Å². The Bertz CT molecular complexity index is 941. The number of hydrogen-bond donors (Lipinski definition) is 2. The molecule has 0 fully saturated rings. The number of hydrogen-bond acceptors (Lipinski definition) is 3. The first-order chi connectivity index (χ1) is 11.2. The van der Waals surface area contributed by atoms with E-state index in [0.29, 0.717) is 6.42 Å². The SMILES string of the molecule is Oc1ccc2ccccc2c1Cc1c(O)ccc2ccncc12. The van der Waals surface area contributed by atoms with Crippen molar-refractivity contribution in [3.63, 3.8) is 0 Å². The number of aromatic hydroxyl groups is 2. The first kappa shape index (κ1) is 13.6. The molecule has 112 valence electrons. The smallest absolute Gasteiger partial charge is 0.119 e. The van der Waals surface area contributed by atoms with Gasteiger partial charge in [-0.1, -0.05) is 36.4 Å². The van der Waals surface area contributed by atoms with E-state index in [1.54, 1.807) is 24.5 Å². The molecule has 0 bridgehead atoms. The lowest BCUT2D eigenvalue weighted by molar-refractivity contribution is 0.464. The molecule has 3 nitrogen and oxygen atoms in total. The van der Waals surface area contributed by atoms with Crippen LogP contribution in [0.4, 0.5) is 0 Å². The quantitative estimate of drug-likeness (QED) is 0.577. The van der Waals surface area contributed by atoms with E-state index in [0.717, 1.165) is 32.7 Å². The molecule has 4 rings (SSSR count). The maximum Gasteiger partial charge on any atom is 0.119 e. The highest BCUT2D eigenvalue weighted by Crippen LogP contribution is 2.34. The number of benzene rings is 3. The Hall–Kier alpha value is -3.07. The molecule has 0 spiro atoms. The molecule has 0 aliphatic carbocycles. The summed E-state index contributed by atoms with van der Waals surface area (Å²) in [7, 11) is 0. The monoisotopic (exact) mass is 301 g/mol. The van der Waals surface area contributed by atoms with E-state index in [2.05, 4.69) is 4.98 Å². The summed E-state index contributed by atoms with van der Waals surface area (Å²) >= 11 is 0. The van der Waals surface area contributed by atoms with E-state index in [9.17, 15) is 10.2 Å². The van der Waals surface area contributed by atoms with Crippen LogP contribution >= 0.6 is 0 Å². The molecule has 23 heavy (non-hydrogen) atoms. The predicted molar refractivity (Wildman–Crippen MR) is 91.8 cm³/mol. The van der Waals surface area contributed by atoms with Gasteiger partial charge in [-0.05, 0) is 34.4 Å². The molecule has 4 aromatic rings. The molecule has 0 aliphatic heterocycles. The van der Waals surface area contributed by atoms with Crippen molar-refractivity contribution in [3.05, 3.63) is 78.1 Å². The zero-order valence-electron chi connectivity index (χ0n) is 12.4. The van der Waals surface area contributed by atoms with E-state index in [1.165, 1.54) is 0 Å². The highest BCUT2D eigenvalue weighted by Gasteiger charge is 2.13. The molecule has 3 heteroatoms. The van der Waals surface area contributed by atoms with Crippen LogP contribution in [0.15, 0.2) is 67.0 Å². The lowest BCUT2D eigenvalue weighted by Gasteiger charge is -2.12. The fraction of sp³-hybridized carbons (Fsp3) is 0.0500. The number of phenolic OH excluding ortho intramolecular Hbond substituents is 2. The maximum atomic E-state index is 10.3. The van der Waals surface area contributed by atoms with Gasteiger partial charge in [-0.2, -0.15) is 0 Å². The summed E-state index contributed by atoms with van der Waals surface area (Å²) in [5, 5.41) is 24.6. The van der Waals surface area contributed by atoms with Gasteiger partial charge in [-0.25, -0.2) is 0 Å². The normalized spacial score (nSPS) is 11.1. The standard InChI is InChI=1S/C20H15NO2/c22-19-7-5-13-3-1-2-4-15(13)16(19)11-17-18-12-21-10-9-14(18)6-8-20(17)23/h1-10,12,22-23H,11H2. The van der Waals surface area contributed by atoms with E-state index in [1.807, 2.05) is 42.5 Å². The maximum absolute atomic E-state index is 10.3. The van der Waals surface area contributed by atoms with Crippen molar-refractivity contribution in [1.82, 2.24) is 4.98 Å². The van der Waals surface area contributed by atoms with Crippen LogP contribution < -0.4 is 0 Å². The number of aromatic nitrogens is 1. The number of phenols is 2. The van der Waals surface area contributed by atoms with Gasteiger partial charge < -0.3 is 10.2 Å². The third-order valence-electron chi connectivity index (χ3n) is 4.28. The molecule has 0 unspecified atom stereocenters. The molecule has 0 aliphatic rings. The third kappa shape index (κ3) is 2.27. The summed E-state index contributed by atoms with van der Waals surface area (Å²) in [6.07, 6.45) is 3.94. The fourth-order valence-corrected chi connectivity index (χ4v) is 3.08.